The molecular weight excluding hydrogens is 367 g/mol. The summed E-state index contributed by atoms with van der Waals surface area (Å²) in [6.45, 7) is 1.99. The summed E-state index contributed by atoms with van der Waals surface area (Å²) in [5.41, 5.74) is 3.82. The summed E-state index contributed by atoms with van der Waals surface area (Å²) in [6, 6.07) is 19.1. The van der Waals surface area contributed by atoms with Crippen LogP contribution in [0.1, 0.15) is 22.7 Å². The summed E-state index contributed by atoms with van der Waals surface area (Å²) in [6.07, 6.45) is 1.65. The van der Waals surface area contributed by atoms with Gasteiger partial charge in [0.2, 0.25) is 0 Å². The Morgan fingerprint density at radius 3 is 2.59 bits per heavy atom. The van der Waals surface area contributed by atoms with Gasteiger partial charge in [0.25, 0.3) is 0 Å². The Hall–Kier alpha value is -3.60. The second-order valence-electron chi connectivity index (χ2n) is 6.91. The molecule has 3 aromatic carbocycles. The average molecular weight is 388 g/mol. The van der Waals surface area contributed by atoms with Crippen molar-refractivity contribution in [3.05, 3.63) is 95.4 Å². The van der Waals surface area contributed by atoms with Gasteiger partial charge in [0.05, 0.1) is 18.8 Å². The summed E-state index contributed by atoms with van der Waals surface area (Å²) >= 11 is 0. The van der Waals surface area contributed by atoms with E-state index in [0.717, 1.165) is 22.2 Å². The molecule has 0 aliphatic rings. The third kappa shape index (κ3) is 3.72. The number of pyridine rings is 1. The number of rotatable bonds is 5. The van der Waals surface area contributed by atoms with Crippen LogP contribution >= 0.6 is 0 Å². The van der Waals surface area contributed by atoms with Crippen LogP contribution in [0.25, 0.3) is 10.9 Å². The first-order chi connectivity index (χ1) is 14.1. The van der Waals surface area contributed by atoms with Crippen molar-refractivity contribution in [2.75, 3.05) is 12.4 Å². The number of phenolic OH excluding ortho intramolecular Hbond substituents is 1. The molecule has 1 atom stereocenters. The Kier molecular flexibility index (Phi) is 5.04. The normalized spacial score (nSPS) is 12.0. The lowest BCUT2D eigenvalue weighted by molar-refractivity contribution is 0.416. The lowest BCUT2D eigenvalue weighted by Gasteiger charge is -2.24. The molecular formula is C24H21FN2O2. The molecule has 1 aromatic heterocycles. The zero-order valence-corrected chi connectivity index (χ0v) is 16.2. The summed E-state index contributed by atoms with van der Waals surface area (Å²) in [5.74, 6) is 0.461. The minimum Gasteiger partial charge on any atom is -0.505 e. The maximum atomic E-state index is 13.5. The van der Waals surface area contributed by atoms with Gasteiger partial charge >= 0.3 is 0 Å². The van der Waals surface area contributed by atoms with E-state index in [-0.39, 0.29) is 11.6 Å². The van der Waals surface area contributed by atoms with Crippen molar-refractivity contribution in [3.63, 3.8) is 0 Å². The fourth-order valence-electron chi connectivity index (χ4n) is 3.46. The molecule has 0 aliphatic heterocycles. The van der Waals surface area contributed by atoms with Gasteiger partial charge in [-0.15, -0.1) is 0 Å². The van der Waals surface area contributed by atoms with Crippen molar-refractivity contribution in [1.29, 1.82) is 0 Å². The van der Waals surface area contributed by atoms with Crippen LogP contribution in [0, 0.1) is 12.7 Å². The summed E-state index contributed by atoms with van der Waals surface area (Å²) in [7, 11) is 1.61. The lowest BCUT2D eigenvalue weighted by atomic mass is 9.95. The molecule has 0 unspecified atom stereocenters. The van der Waals surface area contributed by atoms with E-state index >= 15 is 0 Å². The number of phenols is 1. The highest BCUT2D eigenvalue weighted by molar-refractivity contribution is 5.86. The zero-order chi connectivity index (χ0) is 20.4. The number of aryl methyl sites for hydroxylation is 1. The van der Waals surface area contributed by atoms with Crippen LogP contribution in [0.2, 0.25) is 0 Å². The van der Waals surface area contributed by atoms with Gasteiger partial charge in [-0.2, -0.15) is 0 Å². The van der Waals surface area contributed by atoms with Crippen LogP contribution in [0.3, 0.4) is 0 Å². The minimum atomic E-state index is -0.433. The molecule has 0 radical (unpaired) electrons. The van der Waals surface area contributed by atoms with Gasteiger partial charge in [-0.25, -0.2) is 4.39 Å². The highest BCUT2D eigenvalue weighted by Gasteiger charge is 2.21. The SMILES string of the molecule is COc1ccc(C)cc1N[C@H](c1ccc(F)cc1)c1ccc2cccnc2c1O. The topological polar surface area (TPSA) is 54.4 Å². The Bertz CT molecular complexity index is 1160. The van der Waals surface area contributed by atoms with E-state index in [0.29, 0.717) is 16.8 Å². The molecule has 0 amide bonds. The van der Waals surface area contributed by atoms with E-state index in [1.807, 2.05) is 49.4 Å². The fourth-order valence-corrected chi connectivity index (χ4v) is 3.46. The van der Waals surface area contributed by atoms with Crippen molar-refractivity contribution >= 4 is 16.6 Å². The van der Waals surface area contributed by atoms with E-state index in [2.05, 4.69) is 10.3 Å². The Morgan fingerprint density at radius 2 is 1.83 bits per heavy atom. The van der Waals surface area contributed by atoms with Gasteiger partial charge in [0, 0.05) is 17.1 Å². The molecule has 0 spiro atoms. The van der Waals surface area contributed by atoms with Crippen molar-refractivity contribution in [1.82, 2.24) is 4.98 Å². The number of hydrogen-bond donors (Lipinski definition) is 2. The van der Waals surface area contributed by atoms with Gasteiger partial charge in [-0.1, -0.05) is 36.4 Å². The molecule has 0 saturated carbocycles. The molecule has 2 N–H and O–H groups in total. The predicted molar refractivity (Wildman–Crippen MR) is 113 cm³/mol. The molecule has 0 saturated heterocycles. The number of hydrogen-bond acceptors (Lipinski definition) is 4. The van der Waals surface area contributed by atoms with Crippen LogP contribution in [0.4, 0.5) is 10.1 Å². The molecule has 0 fully saturated rings. The second kappa shape index (κ2) is 7.80. The van der Waals surface area contributed by atoms with E-state index in [9.17, 15) is 9.50 Å². The highest BCUT2D eigenvalue weighted by Crippen LogP contribution is 2.38. The molecule has 4 nitrogen and oxygen atoms in total. The van der Waals surface area contributed by atoms with E-state index in [4.69, 9.17) is 4.74 Å². The van der Waals surface area contributed by atoms with Gasteiger partial charge in [0.15, 0.2) is 0 Å². The fraction of sp³-hybridized carbons (Fsp3) is 0.125. The number of aromatic nitrogens is 1. The first-order valence-electron chi connectivity index (χ1n) is 9.30. The largest absolute Gasteiger partial charge is 0.505 e. The van der Waals surface area contributed by atoms with E-state index < -0.39 is 6.04 Å². The second-order valence-corrected chi connectivity index (χ2v) is 6.91. The first kappa shape index (κ1) is 18.7. The number of halogens is 1. The van der Waals surface area contributed by atoms with Crippen molar-refractivity contribution < 1.29 is 14.2 Å². The quantitative estimate of drug-likeness (QED) is 0.467. The van der Waals surface area contributed by atoms with Gasteiger partial charge in [-0.05, 0) is 48.4 Å². The highest BCUT2D eigenvalue weighted by atomic mass is 19.1. The van der Waals surface area contributed by atoms with Crippen molar-refractivity contribution in [2.45, 2.75) is 13.0 Å². The number of benzene rings is 3. The number of methoxy groups -OCH3 is 1. The third-order valence-electron chi connectivity index (χ3n) is 4.95. The maximum Gasteiger partial charge on any atom is 0.147 e. The Morgan fingerprint density at radius 1 is 1.03 bits per heavy atom. The van der Waals surface area contributed by atoms with Crippen LogP contribution in [-0.2, 0) is 0 Å². The van der Waals surface area contributed by atoms with Crippen LogP contribution in [0.5, 0.6) is 11.5 Å². The number of fused-ring (bicyclic) bond motifs is 1. The summed E-state index contributed by atoms with van der Waals surface area (Å²) < 4.78 is 19.0. The average Bonchev–Trinajstić information content (AvgIpc) is 2.74. The van der Waals surface area contributed by atoms with Crippen molar-refractivity contribution in [2.24, 2.45) is 0 Å². The molecule has 146 valence electrons. The van der Waals surface area contributed by atoms with E-state index in [1.54, 1.807) is 25.4 Å². The van der Waals surface area contributed by atoms with Crippen LogP contribution < -0.4 is 10.1 Å². The van der Waals surface area contributed by atoms with Gasteiger partial charge in [0.1, 0.15) is 22.8 Å². The van der Waals surface area contributed by atoms with Crippen molar-refractivity contribution in [3.8, 4) is 11.5 Å². The van der Waals surface area contributed by atoms with Gasteiger partial charge in [-0.3, -0.25) is 4.98 Å². The monoisotopic (exact) mass is 388 g/mol. The predicted octanol–water partition coefficient (Wildman–Crippen LogP) is 5.60. The molecule has 0 aliphatic carbocycles. The number of aromatic hydroxyl groups is 1. The lowest BCUT2D eigenvalue weighted by Crippen LogP contribution is -2.14. The molecule has 1 heterocycles. The third-order valence-corrected chi connectivity index (χ3v) is 4.95. The Balaban J connectivity index is 1.87. The molecule has 4 aromatic rings. The number of anilines is 1. The zero-order valence-electron chi connectivity index (χ0n) is 16.2. The summed E-state index contributed by atoms with van der Waals surface area (Å²) in [5, 5.41) is 15.3. The number of nitrogens with zero attached hydrogens (tertiary/aromatic N) is 1. The number of ether oxygens (including phenoxy) is 1. The van der Waals surface area contributed by atoms with E-state index in [1.165, 1.54) is 12.1 Å². The van der Waals surface area contributed by atoms with Crippen LogP contribution in [0.15, 0.2) is 72.9 Å². The molecule has 5 heteroatoms. The van der Waals surface area contributed by atoms with Gasteiger partial charge < -0.3 is 15.2 Å². The minimum absolute atomic E-state index is 0.0940. The summed E-state index contributed by atoms with van der Waals surface area (Å²) in [4.78, 5) is 4.32. The molecule has 0 bridgehead atoms. The Labute approximate surface area is 168 Å². The number of nitrogens with one attached hydrogen (secondary N) is 1. The standard InChI is InChI=1S/C24H21FN2O2/c1-15-5-12-21(29-2)20(14-15)27-22(17-6-9-18(25)10-7-17)19-11-8-16-4-3-13-26-23(16)24(19)28/h3-14,22,27-28H,1-2H3/t22-/m1/s1. The molecule has 4 rings (SSSR count). The first-order valence-corrected chi connectivity index (χ1v) is 9.30. The smallest absolute Gasteiger partial charge is 0.147 e. The maximum absolute atomic E-state index is 13.5. The molecule has 29 heavy (non-hydrogen) atoms. The van der Waals surface area contributed by atoms with Crippen LogP contribution in [-0.4, -0.2) is 17.2 Å².